The van der Waals surface area contributed by atoms with Crippen molar-refractivity contribution in [1.29, 1.82) is 0 Å². The Hall–Kier alpha value is -2.13. The molecular formula is C21H25ClN2O5S. The van der Waals surface area contributed by atoms with Crippen LogP contribution in [-0.4, -0.2) is 57.5 Å². The van der Waals surface area contributed by atoms with Crippen LogP contribution in [0.5, 0.6) is 5.75 Å². The first-order valence-electron chi connectivity index (χ1n) is 9.57. The number of hydrogen-bond donors (Lipinski definition) is 1. The van der Waals surface area contributed by atoms with Gasteiger partial charge in [-0.15, -0.1) is 0 Å². The van der Waals surface area contributed by atoms with E-state index in [2.05, 4.69) is 5.32 Å². The van der Waals surface area contributed by atoms with Gasteiger partial charge in [-0.25, -0.2) is 8.42 Å². The lowest BCUT2D eigenvalue weighted by Gasteiger charge is -2.34. The third-order valence-corrected chi connectivity index (χ3v) is 6.95. The van der Waals surface area contributed by atoms with E-state index in [9.17, 15) is 13.2 Å². The molecule has 0 aliphatic carbocycles. The largest absolute Gasteiger partial charge is 0.495 e. The average molecular weight is 453 g/mol. The molecule has 30 heavy (non-hydrogen) atoms. The van der Waals surface area contributed by atoms with Gasteiger partial charge in [0.15, 0.2) is 5.78 Å². The number of carbonyl (C=O) groups is 1. The summed E-state index contributed by atoms with van der Waals surface area (Å²) >= 11 is 6.07. The standard InChI is InChI=1S/C21H25ClN2O5S/c1-14-12-24(13-15(2)29-14)30(26,27)18-7-5-17(6-8-18)23-11-20(25)16-4-9-21(28-3)19(22)10-16/h4-10,14-15,23H,11-13H2,1-3H3. The second-order valence-electron chi connectivity index (χ2n) is 7.23. The second-order valence-corrected chi connectivity index (χ2v) is 9.57. The Morgan fingerprint density at radius 3 is 2.37 bits per heavy atom. The van der Waals surface area contributed by atoms with Crippen LogP contribution in [-0.2, 0) is 14.8 Å². The smallest absolute Gasteiger partial charge is 0.243 e. The van der Waals surface area contributed by atoms with Gasteiger partial charge >= 0.3 is 0 Å². The van der Waals surface area contributed by atoms with Crippen molar-refractivity contribution >= 4 is 33.1 Å². The van der Waals surface area contributed by atoms with Crippen LogP contribution in [0.1, 0.15) is 24.2 Å². The highest BCUT2D eigenvalue weighted by molar-refractivity contribution is 7.89. The number of methoxy groups -OCH3 is 1. The molecule has 2 aromatic carbocycles. The highest BCUT2D eigenvalue weighted by atomic mass is 35.5. The van der Waals surface area contributed by atoms with Crippen LogP contribution in [0, 0.1) is 0 Å². The molecule has 9 heteroatoms. The van der Waals surface area contributed by atoms with Crippen molar-refractivity contribution < 1.29 is 22.7 Å². The fourth-order valence-electron chi connectivity index (χ4n) is 3.35. The molecule has 1 fully saturated rings. The van der Waals surface area contributed by atoms with E-state index in [0.29, 0.717) is 35.1 Å². The van der Waals surface area contributed by atoms with Gasteiger partial charge in [-0.1, -0.05) is 11.6 Å². The fourth-order valence-corrected chi connectivity index (χ4v) is 5.19. The molecule has 1 aliphatic heterocycles. The molecular weight excluding hydrogens is 428 g/mol. The van der Waals surface area contributed by atoms with E-state index in [1.807, 2.05) is 13.8 Å². The summed E-state index contributed by atoms with van der Waals surface area (Å²) < 4.78 is 37.9. The van der Waals surface area contributed by atoms with E-state index >= 15 is 0 Å². The second kappa shape index (κ2) is 9.34. The Labute approximate surface area is 182 Å². The molecule has 3 rings (SSSR count). The molecule has 162 valence electrons. The number of benzene rings is 2. The van der Waals surface area contributed by atoms with Gasteiger partial charge in [0, 0.05) is 24.3 Å². The maximum Gasteiger partial charge on any atom is 0.243 e. The Morgan fingerprint density at radius 2 is 1.80 bits per heavy atom. The van der Waals surface area contributed by atoms with Crippen molar-refractivity contribution in [1.82, 2.24) is 4.31 Å². The van der Waals surface area contributed by atoms with Gasteiger partial charge in [0.05, 0.1) is 35.8 Å². The molecule has 2 atom stereocenters. The van der Waals surface area contributed by atoms with Crippen LogP contribution in [0.15, 0.2) is 47.4 Å². The highest BCUT2D eigenvalue weighted by Crippen LogP contribution is 2.25. The quantitative estimate of drug-likeness (QED) is 0.648. The van der Waals surface area contributed by atoms with Gasteiger partial charge < -0.3 is 14.8 Å². The maximum atomic E-state index is 12.9. The lowest BCUT2D eigenvalue weighted by atomic mass is 10.1. The molecule has 1 saturated heterocycles. The molecule has 2 aromatic rings. The summed E-state index contributed by atoms with van der Waals surface area (Å²) in [5.41, 5.74) is 1.11. The van der Waals surface area contributed by atoms with E-state index < -0.39 is 10.0 Å². The predicted octanol–water partition coefficient (Wildman–Crippen LogP) is 3.44. The molecule has 0 saturated carbocycles. The summed E-state index contributed by atoms with van der Waals surface area (Å²) in [7, 11) is -2.09. The first-order valence-corrected chi connectivity index (χ1v) is 11.4. The minimum absolute atomic E-state index is 0.0489. The summed E-state index contributed by atoms with van der Waals surface area (Å²) in [5, 5.41) is 3.38. The molecule has 0 amide bonds. The Morgan fingerprint density at radius 1 is 1.17 bits per heavy atom. The molecule has 2 unspecified atom stereocenters. The van der Waals surface area contributed by atoms with Crippen molar-refractivity contribution in [3.05, 3.63) is 53.1 Å². The lowest BCUT2D eigenvalue weighted by Crippen LogP contribution is -2.48. The topological polar surface area (TPSA) is 84.9 Å². The summed E-state index contributed by atoms with van der Waals surface area (Å²) in [6.07, 6.45) is -0.302. The van der Waals surface area contributed by atoms with Crippen molar-refractivity contribution in [3.63, 3.8) is 0 Å². The number of ketones is 1. The summed E-state index contributed by atoms with van der Waals surface area (Å²) in [4.78, 5) is 12.6. The summed E-state index contributed by atoms with van der Waals surface area (Å²) in [6, 6.07) is 11.2. The number of rotatable bonds is 7. The number of ether oxygens (including phenoxy) is 2. The first kappa shape index (κ1) is 22.6. The third kappa shape index (κ3) is 5.13. The van der Waals surface area contributed by atoms with Crippen LogP contribution in [0.2, 0.25) is 5.02 Å². The van der Waals surface area contributed by atoms with Crippen LogP contribution in [0.25, 0.3) is 0 Å². The zero-order chi connectivity index (χ0) is 21.9. The van der Waals surface area contributed by atoms with Gasteiger partial charge in [0.1, 0.15) is 5.75 Å². The number of nitrogens with zero attached hydrogens (tertiary/aromatic N) is 1. The number of halogens is 1. The highest BCUT2D eigenvalue weighted by Gasteiger charge is 2.32. The summed E-state index contributed by atoms with van der Waals surface area (Å²) in [5.74, 6) is 0.356. The molecule has 0 spiro atoms. The average Bonchev–Trinajstić information content (AvgIpc) is 2.71. The van der Waals surface area contributed by atoms with Crippen molar-refractivity contribution in [2.75, 3.05) is 32.1 Å². The van der Waals surface area contributed by atoms with E-state index in [1.165, 1.54) is 23.5 Å². The minimum atomic E-state index is -3.60. The van der Waals surface area contributed by atoms with Gasteiger partial charge in [-0.2, -0.15) is 4.31 Å². The van der Waals surface area contributed by atoms with Crippen LogP contribution >= 0.6 is 11.6 Å². The third-order valence-electron chi connectivity index (χ3n) is 4.81. The van der Waals surface area contributed by atoms with Crippen molar-refractivity contribution in [3.8, 4) is 5.75 Å². The van der Waals surface area contributed by atoms with E-state index in [-0.39, 0.29) is 29.4 Å². The number of anilines is 1. The van der Waals surface area contributed by atoms with Gasteiger partial charge in [-0.05, 0) is 56.3 Å². The Balaban J connectivity index is 1.64. The fraction of sp³-hybridized carbons (Fsp3) is 0.381. The van der Waals surface area contributed by atoms with Crippen molar-refractivity contribution in [2.24, 2.45) is 0 Å². The summed E-state index contributed by atoms with van der Waals surface area (Å²) in [6.45, 7) is 4.42. The van der Waals surface area contributed by atoms with Crippen LogP contribution < -0.4 is 10.1 Å². The number of hydrogen-bond acceptors (Lipinski definition) is 6. The van der Waals surface area contributed by atoms with Crippen molar-refractivity contribution in [2.45, 2.75) is 31.0 Å². The first-order chi connectivity index (χ1) is 14.2. The molecule has 1 aliphatic rings. The SMILES string of the molecule is COc1ccc(C(=O)CNc2ccc(S(=O)(=O)N3CC(C)OC(C)C3)cc2)cc1Cl. The molecule has 0 bridgehead atoms. The molecule has 0 aromatic heterocycles. The number of sulfonamides is 1. The normalized spacial score (nSPS) is 20.0. The number of nitrogens with one attached hydrogen (secondary N) is 1. The number of morpholine rings is 1. The molecule has 0 radical (unpaired) electrons. The molecule has 1 heterocycles. The number of carbonyl (C=O) groups excluding carboxylic acids is 1. The zero-order valence-electron chi connectivity index (χ0n) is 17.1. The van der Waals surface area contributed by atoms with Gasteiger partial charge in [-0.3, -0.25) is 4.79 Å². The van der Waals surface area contributed by atoms with Gasteiger partial charge in [0.2, 0.25) is 10.0 Å². The van der Waals surface area contributed by atoms with E-state index in [4.69, 9.17) is 21.1 Å². The molecule has 7 nitrogen and oxygen atoms in total. The maximum absolute atomic E-state index is 12.9. The lowest BCUT2D eigenvalue weighted by molar-refractivity contribution is -0.0440. The minimum Gasteiger partial charge on any atom is -0.495 e. The molecule has 1 N–H and O–H groups in total. The monoisotopic (exact) mass is 452 g/mol. The Bertz CT molecular complexity index is 1000. The van der Waals surface area contributed by atoms with Crippen LogP contribution in [0.3, 0.4) is 0 Å². The van der Waals surface area contributed by atoms with Gasteiger partial charge in [0.25, 0.3) is 0 Å². The van der Waals surface area contributed by atoms with E-state index in [1.54, 1.807) is 30.3 Å². The zero-order valence-corrected chi connectivity index (χ0v) is 18.7. The Kier molecular flexibility index (Phi) is 7.02. The predicted molar refractivity (Wildman–Crippen MR) is 116 cm³/mol. The van der Waals surface area contributed by atoms with E-state index in [0.717, 1.165) is 0 Å². The van der Waals surface area contributed by atoms with Crippen LogP contribution in [0.4, 0.5) is 5.69 Å². The number of Topliss-reactive ketones (excluding diaryl/α,β-unsaturated/α-hetero) is 1.